The van der Waals surface area contributed by atoms with E-state index < -0.39 is 0 Å². The predicted octanol–water partition coefficient (Wildman–Crippen LogP) is 3.78. The number of benzene rings is 1. The molecule has 1 aromatic heterocycles. The van der Waals surface area contributed by atoms with Crippen LogP contribution in [0, 0.1) is 27.7 Å². The number of aromatic nitrogens is 1. The fourth-order valence-electron chi connectivity index (χ4n) is 2.35. The van der Waals surface area contributed by atoms with E-state index in [0.717, 1.165) is 16.3 Å². The molecule has 24 heavy (non-hydrogen) atoms. The topological polar surface area (TPSA) is 48.3 Å². The second-order valence-electron chi connectivity index (χ2n) is 5.96. The molecule has 0 saturated carbocycles. The highest BCUT2D eigenvalue weighted by Gasteiger charge is 2.16. The van der Waals surface area contributed by atoms with Crippen LogP contribution in [0.1, 0.15) is 32.9 Å². The quantitative estimate of drug-likeness (QED) is 0.454. The molecule has 0 unspecified atom stereocenters. The molecule has 0 spiro atoms. The van der Waals surface area contributed by atoms with Gasteiger partial charge in [0.05, 0.1) is 5.75 Å². The van der Waals surface area contributed by atoms with Crippen LogP contribution in [0.5, 0.6) is 0 Å². The lowest BCUT2D eigenvalue weighted by Gasteiger charge is -2.06. The summed E-state index contributed by atoms with van der Waals surface area (Å²) in [5, 5.41) is 0. The van der Waals surface area contributed by atoms with E-state index in [1.54, 1.807) is 0 Å². The SMILES string of the molecule is Cc1ccc(SCC(=O)OCC(=O)c2cc(C)n(C)c2C)cc1C. The number of aryl methyl sites for hydroxylation is 3. The third-order valence-corrected chi connectivity index (χ3v) is 5.24. The highest BCUT2D eigenvalue weighted by atomic mass is 32.2. The largest absolute Gasteiger partial charge is 0.457 e. The first kappa shape index (κ1) is 18.3. The minimum atomic E-state index is -0.378. The van der Waals surface area contributed by atoms with Crippen LogP contribution in [0.25, 0.3) is 0 Å². The van der Waals surface area contributed by atoms with E-state index in [4.69, 9.17) is 4.74 Å². The van der Waals surface area contributed by atoms with Crippen LogP contribution in [0.4, 0.5) is 0 Å². The molecule has 0 aliphatic heterocycles. The minimum Gasteiger partial charge on any atom is -0.457 e. The number of rotatable bonds is 6. The van der Waals surface area contributed by atoms with Gasteiger partial charge in [-0.15, -0.1) is 11.8 Å². The van der Waals surface area contributed by atoms with Gasteiger partial charge >= 0.3 is 5.97 Å². The molecule has 0 bridgehead atoms. The fraction of sp³-hybridized carbons (Fsp3) is 0.368. The summed E-state index contributed by atoms with van der Waals surface area (Å²) in [7, 11) is 1.91. The van der Waals surface area contributed by atoms with Crippen LogP contribution < -0.4 is 0 Å². The van der Waals surface area contributed by atoms with Gasteiger partial charge in [-0.25, -0.2) is 0 Å². The normalized spacial score (nSPS) is 10.7. The Morgan fingerprint density at radius 1 is 1.08 bits per heavy atom. The Balaban J connectivity index is 1.85. The lowest BCUT2D eigenvalue weighted by molar-refractivity contribution is -0.139. The molecule has 4 nitrogen and oxygen atoms in total. The molecule has 0 aliphatic carbocycles. The number of carbonyl (C=O) groups is 2. The lowest BCUT2D eigenvalue weighted by Crippen LogP contribution is -2.16. The van der Waals surface area contributed by atoms with Crippen LogP contribution in [-0.2, 0) is 16.6 Å². The zero-order valence-electron chi connectivity index (χ0n) is 14.8. The van der Waals surface area contributed by atoms with E-state index in [0.29, 0.717) is 5.56 Å². The molecule has 5 heteroatoms. The van der Waals surface area contributed by atoms with Gasteiger partial charge in [0.2, 0.25) is 5.78 Å². The van der Waals surface area contributed by atoms with Gasteiger partial charge in [-0.3, -0.25) is 9.59 Å². The van der Waals surface area contributed by atoms with Crippen LogP contribution in [0.15, 0.2) is 29.2 Å². The van der Waals surface area contributed by atoms with Gasteiger partial charge in [0.1, 0.15) is 0 Å². The molecule has 128 valence electrons. The highest BCUT2D eigenvalue weighted by Crippen LogP contribution is 2.21. The number of hydrogen-bond acceptors (Lipinski definition) is 4. The van der Waals surface area contributed by atoms with Gasteiger partial charge in [-0.05, 0) is 57.0 Å². The van der Waals surface area contributed by atoms with E-state index in [1.807, 2.05) is 50.6 Å². The molecule has 2 rings (SSSR count). The number of carbonyl (C=O) groups excluding carboxylic acids is 2. The van der Waals surface area contributed by atoms with Crippen LogP contribution in [0.2, 0.25) is 0 Å². The summed E-state index contributed by atoms with van der Waals surface area (Å²) in [4.78, 5) is 25.1. The molecule has 2 aromatic rings. The maximum absolute atomic E-state index is 12.2. The second-order valence-corrected chi connectivity index (χ2v) is 7.01. The van der Waals surface area contributed by atoms with Crippen LogP contribution in [0.3, 0.4) is 0 Å². The molecule has 0 N–H and O–H groups in total. The predicted molar refractivity (Wildman–Crippen MR) is 96.8 cm³/mol. The first-order valence-corrected chi connectivity index (χ1v) is 8.80. The molecule has 1 heterocycles. The molecule has 0 atom stereocenters. The van der Waals surface area contributed by atoms with Crippen molar-refractivity contribution >= 4 is 23.5 Å². The van der Waals surface area contributed by atoms with Crippen molar-refractivity contribution < 1.29 is 14.3 Å². The van der Waals surface area contributed by atoms with Crippen molar-refractivity contribution in [2.45, 2.75) is 32.6 Å². The highest BCUT2D eigenvalue weighted by molar-refractivity contribution is 8.00. The Bertz CT molecular complexity index is 777. The van der Waals surface area contributed by atoms with Crippen molar-refractivity contribution in [3.05, 3.63) is 52.3 Å². The summed E-state index contributed by atoms with van der Waals surface area (Å²) in [5.74, 6) is -0.347. The summed E-state index contributed by atoms with van der Waals surface area (Å²) >= 11 is 1.42. The fourth-order valence-corrected chi connectivity index (χ4v) is 3.14. The zero-order chi connectivity index (χ0) is 17.9. The maximum Gasteiger partial charge on any atom is 0.316 e. The smallest absolute Gasteiger partial charge is 0.316 e. The summed E-state index contributed by atoms with van der Waals surface area (Å²) in [6.07, 6.45) is 0. The first-order chi connectivity index (χ1) is 11.3. The van der Waals surface area contributed by atoms with E-state index in [1.165, 1.54) is 22.9 Å². The van der Waals surface area contributed by atoms with Gasteiger partial charge < -0.3 is 9.30 Å². The monoisotopic (exact) mass is 345 g/mol. The van der Waals surface area contributed by atoms with Gasteiger partial charge in [-0.2, -0.15) is 0 Å². The molecule has 0 saturated heterocycles. The number of Topliss-reactive ketones (excluding diaryl/α,β-unsaturated/α-hetero) is 1. The van der Waals surface area contributed by atoms with E-state index in [-0.39, 0.29) is 24.1 Å². The number of esters is 1. The van der Waals surface area contributed by atoms with Crippen molar-refractivity contribution in [2.24, 2.45) is 7.05 Å². The van der Waals surface area contributed by atoms with Gasteiger partial charge in [0.25, 0.3) is 0 Å². The zero-order valence-corrected chi connectivity index (χ0v) is 15.6. The van der Waals surface area contributed by atoms with E-state index >= 15 is 0 Å². The van der Waals surface area contributed by atoms with Crippen molar-refractivity contribution in [3.8, 4) is 0 Å². The van der Waals surface area contributed by atoms with Gasteiger partial charge in [0, 0.05) is 28.9 Å². The molecular weight excluding hydrogens is 322 g/mol. The molecule has 0 radical (unpaired) electrons. The number of thioether (sulfide) groups is 1. The number of nitrogens with zero attached hydrogens (tertiary/aromatic N) is 1. The summed E-state index contributed by atoms with van der Waals surface area (Å²) < 4.78 is 7.07. The molecule has 1 aromatic carbocycles. The Morgan fingerprint density at radius 3 is 2.38 bits per heavy atom. The van der Waals surface area contributed by atoms with E-state index in [9.17, 15) is 9.59 Å². The third kappa shape index (κ3) is 4.29. The Hall–Kier alpha value is -2.01. The summed E-state index contributed by atoms with van der Waals surface area (Å²) in [6.45, 7) is 7.71. The van der Waals surface area contributed by atoms with Gasteiger partial charge in [0.15, 0.2) is 6.61 Å². The Labute approximate surface area is 147 Å². The number of ketones is 1. The minimum absolute atomic E-state index is 0.166. The first-order valence-electron chi connectivity index (χ1n) is 7.81. The third-order valence-electron chi connectivity index (χ3n) is 4.27. The standard InChI is InChI=1S/C19H23NO3S/c1-12-6-7-16(8-13(12)2)24-11-19(22)23-10-18(21)17-9-14(3)20(5)15(17)4/h6-9H,10-11H2,1-5H3. The average Bonchev–Trinajstić information content (AvgIpc) is 2.81. The lowest BCUT2D eigenvalue weighted by atomic mass is 10.1. The van der Waals surface area contributed by atoms with Gasteiger partial charge in [-0.1, -0.05) is 6.07 Å². The van der Waals surface area contributed by atoms with Crippen LogP contribution >= 0.6 is 11.8 Å². The van der Waals surface area contributed by atoms with Crippen molar-refractivity contribution in [1.29, 1.82) is 0 Å². The Morgan fingerprint density at radius 2 is 1.79 bits per heavy atom. The molecule has 0 amide bonds. The Kier molecular flexibility index (Phi) is 5.89. The van der Waals surface area contributed by atoms with Crippen LogP contribution in [-0.4, -0.2) is 28.7 Å². The summed E-state index contributed by atoms with van der Waals surface area (Å²) in [5.41, 5.74) is 4.93. The molecular formula is C19H23NO3S. The van der Waals surface area contributed by atoms with E-state index in [2.05, 4.69) is 13.0 Å². The van der Waals surface area contributed by atoms with Crippen molar-refractivity contribution in [3.63, 3.8) is 0 Å². The number of hydrogen-bond donors (Lipinski definition) is 0. The van der Waals surface area contributed by atoms with Crippen molar-refractivity contribution in [2.75, 3.05) is 12.4 Å². The van der Waals surface area contributed by atoms with Crippen molar-refractivity contribution in [1.82, 2.24) is 4.57 Å². The summed E-state index contributed by atoms with van der Waals surface area (Å²) in [6, 6.07) is 7.90. The second kappa shape index (κ2) is 7.71. The maximum atomic E-state index is 12.2. The molecule has 0 aliphatic rings. The average molecular weight is 345 g/mol. The molecule has 0 fully saturated rings. The number of ether oxygens (including phenoxy) is 1.